The topological polar surface area (TPSA) is 26.3 Å². The lowest BCUT2D eigenvalue weighted by Crippen LogP contribution is -1.98. The first-order valence-corrected chi connectivity index (χ1v) is 5.63. The van der Waals surface area contributed by atoms with Gasteiger partial charge >= 0.3 is 5.97 Å². The van der Waals surface area contributed by atoms with Gasteiger partial charge in [-0.3, -0.25) is 0 Å². The highest BCUT2D eigenvalue weighted by Crippen LogP contribution is 2.03. The summed E-state index contributed by atoms with van der Waals surface area (Å²) in [6, 6.07) is 0. The molecule has 15 heavy (non-hydrogen) atoms. The third-order valence-corrected chi connectivity index (χ3v) is 1.89. The van der Waals surface area contributed by atoms with Crippen LogP contribution >= 0.6 is 0 Å². The van der Waals surface area contributed by atoms with Crippen LogP contribution in [0, 0.1) is 6.92 Å². The highest BCUT2D eigenvalue weighted by atomic mass is 16.5. The van der Waals surface area contributed by atoms with Crippen molar-refractivity contribution >= 4 is 5.97 Å². The van der Waals surface area contributed by atoms with Gasteiger partial charge in [0.2, 0.25) is 0 Å². The van der Waals surface area contributed by atoms with Crippen molar-refractivity contribution in [1.29, 1.82) is 0 Å². The van der Waals surface area contributed by atoms with Crippen molar-refractivity contribution in [3.8, 4) is 0 Å². The van der Waals surface area contributed by atoms with Crippen molar-refractivity contribution in [3.63, 3.8) is 0 Å². The van der Waals surface area contributed by atoms with E-state index < -0.39 is 0 Å². The molecule has 0 bridgehead atoms. The summed E-state index contributed by atoms with van der Waals surface area (Å²) in [7, 11) is 1.33. The van der Waals surface area contributed by atoms with Gasteiger partial charge in [0.05, 0.1) is 7.11 Å². The van der Waals surface area contributed by atoms with Crippen molar-refractivity contribution in [2.45, 2.75) is 52.4 Å². The van der Waals surface area contributed by atoms with E-state index in [-0.39, 0.29) is 5.97 Å². The SMILES string of the molecule is C=C(C)C(=O)OC.[CH2]CCCCCCC. The highest BCUT2D eigenvalue weighted by Gasteiger charge is 1.95. The molecule has 0 aliphatic rings. The Labute approximate surface area is 94.7 Å². The largest absolute Gasteiger partial charge is 0.466 e. The van der Waals surface area contributed by atoms with E-state index in [1.165, 1.54) is 39.2 Å². The van der Waals surface area contributed by atoms with Gasteiger partial charge in [0.15, 0.2) is 0 Å². The Kier molecular flexibility index (Phi) is 14.6. The summed E-state index contributed by atoms with van der Waals surface area (Å²) in [5.41, 5.74) is 0.433. The smallest absolute Gasteiger partial charge is 0.332 e. The minimum Gasteiger partial charge on any atom is -0.466 e. The second-order valence-electron chi connectivity index (χ2n) is 3.54. The average molecular weight is 213 g/mol. The molecule has 2 heteroatoms. The van der Waals surface area contributed by atoms with Crippen LogP contribution < -0.4 is 0 Å². The fourth-order valence-electron chi connectivity index (χ4n) is 0.955. The number of carbonyl (C=O) groups is 1. The summed E-state index contributed by atoms with van der Waals surface area (Å²) in [4.78, 5) is 10.2. The van der Waals surface area contributed by atoms with Crippen LogP contribution in [-0.4, -0.2) is 13.1 Å². The molecular weight excluding hydrogens is 188 g/mol. The Morgan fingerprint density at radius 3 is 2.00 bits per heavy atom. The second-order valence-corrected chi connectivity index (χ2v) is 3.54. The van der Waals surface area contributed by atoms with Gasteiger partial charge in [0.1, 0.15) is 0 Å². The van der Waals surface area contributed by atoms with Crippen LogP contribution in [0.5, 0.6) is 0 Å². The number of hydrogen-bond acceptors (Lipinski definition) is 2. The normalized spacial score (nSPS) is 8.80. The molecule has 0 atom stereocenters. The van der Waals surface area contributed by atoms with E-state index in [0.29, 0.717) is 5.57 Å². The standard InChI is InChI=1S/C8H17.C5H8O2/c1-3-5-7-8-6-4-2;1-4(2)5(6)7-3/h1,3-8H2,2H3;1H2,2-3H3. The van der Waals surface area contributed by atoms with Gasteiger partial charge in [0.25, 0.3) is 0 Å². The highest BCUT2D eigenvalue weighted by molar-refractivity contribution is 5.86. The summed E-state index contributed by atoms with van der Waals surface area (Å²) in [6.45, 7) is 11.0. The monoisotopic (exact) mass is 213 g/mol. The van der Waals surface area contributed by atoms with Gasteiger partial charge in [-0.05, 0) is 6.92 Å². The number of carbonyl (C=O) groups excluding carboxylic acids is 1. The van der Waals surface area contributed by atoms with E-state index in [0.717, 1.165) is 6.42 Å². The molecule has 0 aromatic rings. The second kappa shape index (κ2) is 13.2. The molecular formula is C13H25O2. The molecule has 89 valence electrons. The van der Waals surface area contributed by atoms with Gasteiger partial charge < -0.3 is 4.74 Å². The lowest BCUT2D eigenvalue weighted by molar-refractivity contribution is -0.136. The molecule has 0 saturated heterocycles. The van der Waals surface area contributed by atoms with E-state index in [1.807, 2.05) is 0 Å². The minimum absolute atomic E-state index is 0.347. The van der Waals surface area contributed by atoms with Crippen molar-refractivity contribution < 1.29 is 9.53 Å². The maximum absolute atomic E-state index is 10.2. The summed E-state index contributed by atoms with van der Waals surface area (Å²) in [5, 5.41) is 0. The Balaban J connectivity index is 0. The van der Waals surface area contributed by atoms with Crippen molar-refractivity contribution in [1.82, 2.24) is 0 Å². The Bertz CT molecular complexity index is 156. The third kappa shape index (κ3) is 15.9. The van der Waals surface area contributed by atoms with Gasteiger partial charge in [-0.2, -0.15) is 0 Å². The van der Waals surface area contributed by atoms with Crippen LogP contribution in [0.15, 0.2) is 12.2 Å². The van der Waals surface area contributed by atoms with Crippen LogP contribution in [-0.2, 0) is 9.53 Å². The van der Waals surface area contributed by atoms with Crippen LogP contribution in [0.1, 0.15) is 52.4 Å². The number of ether oxygens (including phenoxy) is 1. The predicted octanol–water partition coefficient (Wildman–Crippen LogP) is 3.92. The molecule has 0 aliphatic heterocycles. The number of unbranched alkanes of at least 4 members (excludes halogenated alkanes) is 5. The van der Waals surface area contributed by atoms with Crippen LogP contribution in [0.3, 0.4) is 0 Å². The first-order chi connectivity index (χ1) is 7.09. The van der Waals surface area contributed by atoms with Gasteiger partial charge in [-0.15, -0.1) is 0 Å². The molecule has 0 fully saturated rings. The molecule has 0 N–H and O–H groups in total. The number of methoxy groups -OCH3 is 1. The number of hydrogen-bond donors (Lipinski definition) is 0. The van der Waals surface area contributed by atoms with Crippen LogP contribution in [0.25, 0.3) is 0 Å². The summed E-state index contributed by atoms with van der Waals surface area (Å²) >= 11 is 0. The maximum Gasteiger partial charge on any atom is 0.332 e. The molecule has 0 rings (SSSR count). The predicted molar refractivity (Wildman–Crippen MR) is 65.6 cm³/mol. The maximum atomic E-state index is 10.2. The molecule has 0 spiro atoms. The van der Waals surface area contributed by atoms with Crippen LogP contribution in [0.4, 0.5) is 0 Å². The number of rotatable bonds is 6. The zero-order valence-electron chi connectivity index (χ0n) is 10.5. The Morgan fingerprint density at radius 2 is 1.73 bits per heavy atom. The van der Waals surface area contributed by atoms with Gasteiger partial charge in [-0.25, -0.2) is 4.79 Å². The van der Waals surface area contributed by atoms with Gasteiger partial charge in [0, 0.05) is 5.57 Å². The van der Waals surface area contributed by atoms with E-state index in [4.69, 9.17) is 0 Å². The molecule has 0 saturated carbocycles. The quantitative estimate of drug-likeness (QED) is 0.380. The molecule has 0 unspecified atom stereocenters. The lowest BCUT2D eigenvalue weighted by Gasteiger charge is -1.93. The molecule has 1 radical (unpaired) electrons. The van der Waals surface area contributed by atoms with Crippen molar-refractivity contribution in [3.05, 3.63) is 19.1 Å². The first kappa shape index (κ1) is 16.6. The lowest BCUT2D eigenvalue weighted by atomic mass is 10.1. The summed E-state index contributed by atoms with van der Waals surface area (Å²) in [5.74, 6) is -0.347. The molecule has 0 heterocycles. The van der Waals surface area contributed by atoms with Crippen molar-refractivity contribution in [2.24, 2.45) is 0 Å². The third-order valence-electron chi connectivity index (χ3n) is 1.89. The molecule has 0 aliphatic carbocycles. The van der Waals surface area contributed by atoms with Crippen LogP contribution in [0.2, 0.25) is 0 Å². The molecule has 0 aromatic heterocycles. The first-order valence-electron chi connectivity index (χ1n) is 5.63. The van der Waals surface area contributed by atoms with E-state index in [9.17, 15) is 4.79 Å². The van der Waals surface area contributed by atoms with E-state index in [2.05, 4.69) is 25.2 Å². The summed E-state index contributed by atoms with van der Waals surface area (Å²) < 4.78 is 4.27. The molecule has 2 nitrogen and oxygen atoms in total. The van der Waals surface area contributed by atoms with Crippen molar-refractivity contribution in [2.75, 3.05) is 7.11 Å². The Morgan fingerprint density at radius 1 is 1.20 bits per heavy atom. The zero-order chi connectivity index (χ0) is 12.1. The fraction of sp³-hybridized carbons (Fsp3) is 0.692. The summed E-state index contributed by atoms with van der Waals surface area (Å²) in [6.07, 6.45) is 7.98. The number of esters is 1. The van der Waals surface area contributed by atoms with Gasteiger partial charge in [-0.1, -0.05) is 59.0 Å². The fourth-order valence-corrected chi connectivity index (χ4v) is 0.955. The molecule has 0 amide bonds. The van der Waals surface area contributed by atoms with E-state index in [1.54, 1.807) is 6.92 Å². The Hall–Kier alpha value is -0.790. The molecule has 0 aromatic carbocycles. The van der Waals surface area contributed by atoms with E-state index >= 15 is 0 Å². The zero-order valence-corrected chi connectivity index (χ0v) is 10.5. The average Bonchev–Trinajstić information content (AvgIpc) is 2.24. The minimum atomic E-state index is -0.347.